The molecule has 0 aromatic carbocycles. The minimum absolute atomic E-state index is 0.0463. The van der Waals surface area contributed by atoms with Crippen LogP contribution in [0.4, 0.5) is 0 Å². The summed E-state index contributed by atoms with van der Waals surface area (Å²) in [5.41, 5.74) is -0.0463. The maximum atomic E-state index is 10.5. The molecule has 0 aliphatic rings. The molecule has 0 fully saturated rings. The molecule has 0 heterocycles. The van der Waals surface area contributed by atoms with Gasteiger partial charge in [-0.25, -0.2) is 4.79 Å². The molecule has 4 heteroatoms. The normalized spacial score (nSPS) is 8.50. The molecule has 0 rings (SSSR count). The standard InChI is InChI=1S/C6H8O4/c1-4(3-5(7)8)6(9)10-2/h1,3H2,2H3,(H,7,8). The van der Waals surface area contributed by atoms with Gasteiger partial charge in [-0.05, 0) is 0 Å². The van der Waals surface area contributed by atoms with Gasteiger partial charge in [0.25, 0.3) is 0 Å². The van der Waals surface area contributed by atoms with Gasteiger partial charge in [0.2, 0.25) is 0 Å². The third-order valence-electron chi connectivity index (χ3n) is 0.839. The highest BCUT2D eigenvalue weighted by Gasteiger charge is 2.09. The van der Waals surface area contributed by atoms with Crippen LogP contribution in [-0.4, -0.2) is 24.2 Å². The number of carboxylic acid groups (broad SMARTS) is 1. The molecule has 4 nitrogen and oxygen atoms in total. The molecule has 0 bridgehead atoms. The van der Waals surface area contributed by atoms with Crippen molar-refractivity contribution in [3.63, 3.8) is 0 Å². The van der Waals surface area contributed by atoms with E-state index in [9.17, 15) is 9.59 Å². The predicted molar refractivity (Wildman–Crippen MR) is 33.4 cm³/mol. The average Bonchev–Trinajstić information content (AvgIpc) is 1.85. The first-order valence-corrected chi connectivity index (χ1v) is 2.55. The van der Waals surface area contributed by atoms with Crippen LogP contribution in [0, 0.1) is 0 Å². The maximum Gasteiger partial charge on any atom is 0.333 e. The smallest absolute Gasteiger partial charge is 0.333 e. The lowest BCUT2D eigenvalue weighted by Gasteiger charge is -1.97. The molecular formula is C6H8O4. The van der Waals surface area contributed by atoms with Crippen molar-refractivity contribution in [3.8, 4) is 0 Å². The van der Waals surface area contributed by atoms with Crippen molar-refractivity contribution in [1.29, 1.82) is 0 Å². The van der Waals surface area contributed by atoms with E-state index in [-0.39, 0.29) is 12.0 Å². The number of esters is 1. The molecule has 0 unspecified atom stereocenters. The SMILES string of the molecule is C=C(CC(=O)O)C(=O)OC. The van der Waals surface area contributed by atoms with Gasteiger partial charge in [0.1, 0.15) is 0 Å². The van der Waals surface area contributed by atoms with E-state index in [1.165, 1.54) is 7.11 Å². The first-order valence-electron chi connectivity index (χ1n) is 2.55. The number of carbonyl (C=O) groups is 2. The Morgan fingerprint density at radius 3 is 2.40 bits per heavy atom. The number of ether oxygens (including phenoxy) is 1. The second kappa shape index (κ2) is 3.66. The molecule has 0 aliphatic carbocycles. The molecule has 10 heavy (non-hydrogen) atoms. The Labute approximate surface area is 58.1 Å². The van der Waals surface area contributed by atoms with E-state index in [2.05, 4.69) is 11.3 Å². The van der Waals surface area contributed by atoms with Crippen molar-refractivity contribution in [3.05, 3.63) is 12.2 Å². The molecule has 0 saturated heterocycles. The first kappa shape index (κ1) is 8.68. The van der Waals surface area contributed by atoms with E-state index in [1.807, 2.05) is 0 Å². The Bertz CT molecular complexity index is 171. The Hall–Kier alpha value is -1.32. The van der Waals surface area contributed by atoms with E-state index in [0.717, 1.165) is 0 Å². The highest BCUT2D eigenvalue weighted by atomic mass is 16.5. The molecule has 1 N–H and O–H groups in total. The monoisotopic (exact) mass is 144 g/mol. The van der Waals surface area contributed by atoms with Crippen molar-refractivity contribution < 1.29 is 19.4 Å². The van der Waals surface area contributed by atoms with Gasteiger partial charge in [-0.2, -0.15) is 0 Å². The van der Waals surface area contributed by atoms with Gasteiger partial charge < -0.3 is 9.84 Å². The van der Waals surface area contributed by atoms with E-state index >= 15 is 0 Å². The van der Waals surface area contributed by atoms with Crippen LogP contribution in [0.3, 0.4) is 0 Å². The van der Waals surface area contributed by atoms with Crippen LogP contribution >= 0.6 is 0 Å². The van der Waals surface area contributed by atoms with Crippen molar-refractivity contribution in [2.24, 2.45) is 0 Å². The average molecular weight is 144 g/mol. The van der Waals surface area contributed by atoms with Gasteiger partial charge in [0.05, 0.1) is 13.5 Å². The largest absolute Gasteiger partial charge is 0.481 e. The van der Waals surface area contributed by atoms with Crippen LogP contribution < -0.4 is 0 Å². The molecule has 0 saturated carbocycles. The summed E-state index contributed by atoms with van der Waals surface area (Å²) in [4.78, 5) is 20.4. The fraction of sp³-hybridized carbons (Fsp3) is 0.333. The summed E-state index contributed by atoms with van der Waals surface area (Å²) in [6, 6.07) is 0. The minimum Gasteiger partial charge on any atom is -0.481 e. The van der Waals surface area contributed by atoms with E-state index in [0.29, 0.717) is 0 Å². The Morgan fingerprint density at radius 1 is 1.60 bits per heavy atom. The molecule has 0 amide bonds. The Kier molecular flexibility index (Phi) is 3.17. The molecule has 0 aliphatic heterocycles. The van der Waals surface area contributed by atoms with Crippen molar-refractivity contribution >= 4 is 11.9 Å². The molecule has 0 spiro atoms. The van der Waals surface area contributed by atoms with Crippen LogP contribution in [0.25, 0.3) is 0 Å². The maximum absolute atomic E-state index is 10.5. The van der Waals surface area contributed by atoms with Crippen molar-refractivity contribution in [2.45, 2.75) is 6.42 Å². The number of aliphatic carboxylic acids is 1. The van der Waals surface area contributed by atoms with Gasteiger partial charge >= 0.3 is 11.9 Å². The number of hydrogen-bond donors (Lipinski definition) is 1. The number of hydrogen-bond acceptors (Lipinski definition) is 3. The second-order valence-corrected chi connectivity index (χ2v) is 1.67. The summed E-state index contributed by atoms with van der Waals surface area (Å²) in [6.07, 6.45) is -0.368. The molecule has 0 aromatic rings. The zero-order valence-electron chi connectivity index (χ0n) is 5.59. The molecule has 0 aromatic heterocycles. The number of rotatable bonds is 3. The first-order chi connectivity index (χ1) is 4.57. The molecule has 0 radical (unpaired) electrons. The lowest BCUT2D eigenvalue weighted by Crippen LogP contribution is -2.07. The van der Waals surface area contributed by atoms with Gasteiger partial charge in [-0.1, -0.05) is 6.58 Å². The minimum atomic E-state index is -1.09. The fourth-order valence-corrected chi connectivity index (χ4v) is 0.399. The van der Waals surface area contributed by atoms with Crippen LogP contribution in [0.2, 0.25) is 0 Å². The zero-order chi connectivity index (χ0) is 8.15. The second-order valence-electron chi connectivity index (χ2n) is 1.67. The number of methoxy groups -OCH3 is 1. The van der Waals surface area contributed by atoms with Gasteiger partial charge in [-0.3, -0.25) is 4.79 Å². The van der Waals surface area contributed by atoms with Crippen molar-refractivity contribution in [1.82, 2.24) is 0 Å². The predicted octanol–water partition coefficient (Wildman–Crippen LogP) is 0.190. The van der Waals surface area contributed by atoms with E-state index in [1.54, 1.807) is 0 Å². The summed E-state index contributed by atoms with van der Waals surface area (Å²) in [7, 11) is 1.18. The Morgan fingerprint density at radius 2 is 2.10 bits per heavy atom. The third-order valence-corrected chi connectivity index (χ3v) is 0.839. The number of carboxylic acids is 1. The summed E-state index contributed by atoms with van der Waals surface area (Å²) in [6.45, 7) is 3.21. The van der Waals surface area contributed by atoms with E-state index < -0.39 is 11.9 Å². The molecule has 56 valence electrons. The fourth-order valence-electron chi connectivity index (χ4n) is 0.399. The van der Waals surface area contributed by atoms with Crippen LogP contribution in [0.5, 0.6) is 0 Å². The zero-order valence-corrected chi connectivity index (χ0v) is 5.59. The summed E-state index contributed by atoms with van der Waals surface area (Å²) >= 11 is 0. The highest BCUT2D eigenvalue weighted by molar-refractivity contribution is 5.92. The van der Waals surface area contributed by atoms with Gasteiger partial charge in [0, 0.05) is 5.57 Å². The van der Waals surface area contributed by atoms with Gasteiger partial charge in [0.15, 0.2) is 0 Å². The Balaban J connectivity index is 3.86. The summed E-state index contributed by atoms with van der Waals surface area (Å²) in [5, 5.41) is 8.16. The number of carbonyl (C=O) groups excluding carboxylic acids is 1. The lowest BCUT2D eigenvalue weighted by atomic mass is 10.2. The lowest BCUT2D eigenvalue weighted by molar-refractivity contribution is -0.141. The van der Waals surface area contributed by atoms with Crippen molar-refractivity contribution in [2.75, 3.05) is 7.11 Å². The quantitative estimate of drug-likeness (QED) is 0.453. The van der Waals surface area contributed by atoms with Gasteiger partial charge in [-0.15, -0.1) is 0 Å². The summed E-state index contributed by atoms with van der Waals surface area (Å²) < 4.78 is 4.21. The van der Waals surface area contributed by atoms with Crippen LogP contribution in [0.15, 0.2) is 12.2 Å². The van der Waals surface area contributed by atoms with E-state index in [4.69, 9.17) is 5.11 Å². The topological polar surface area (TPSA) is 63.6 Å². The highest BCUT2D eigenvalue weighted by Crippen LogP contribution is 1.98. The third kappa shape index (κ3) is 2.86. The summed E-state index contributed by atoms with van der Waals surface area (Å²) in [5.74, 6) is -1.77. The molecular weight excluding hydrogens is 136 g/mol. The molecule has 0 atom stereocenters. The van der Waals surface area contributed by atoms with Crippen LogP contribution in [-0.2, 0) is 14.3 Å². The van der Waals surface area contributed by atoms with Crippen LogP contribution in [0.1, 0.15) is 6.42 Å².